The highest BCUT2D eigenvalue weighted by molar-refractivity contribution is 5.49. The van der Waals surface area contributed by atoms with Gasteiger partial charge in [-0.3, -0.25) is 0 Å². The summed E-state index contributed by atoms with van der Waals surface area (Å²) in [6, 6.07) is 8.55. The van der Waals surface area contributed by atoms with Crippen LogP contribution in [0.4, 0.5) is 10.2 Å². The first-order chi connectivity index (χ1) is 9.20. The van der Waals surface area contributed by atoms with E-state index in [2.05, 4.69) is 10.3 Å². The van der Waals surface area contributed by atoms with Crippen molar-refractivity contribution in [3.63, 3.8) is 0 Å². The average molecular weight is 260 g/mol. The molecule has 100 valence electrons. The molecule has 0 atom stereocenters. The van der Waals surface area contributed by atoms with Gasteiger partial charge in [-0.25, -0.2) is 9.37 Å². The van der Waals surface area contributed by atoms with Gasteiger partial charge in [0.1, 0.15) is 5.82 Å². The fourth-order valence-electron chi connectivity index (χ4n) is 1.94. The molecule has 0 bridgehead atoms. The Morgan fingerprint density at radius 1 is 1.32 bits per heavy atom. The van der Waals surface area contributed by atoms with Gasteiger partial charge in [0.05, 0.1) is 7.11 Å². The molecule has 1 N–H and O–H groups in total. The molecule has 0 fully saturated rings. The molecule has 0 amide bonds. The van der Waals surface area contributed by atoms with E-state index in [0.29, 0.717) is 0 Å². The van der Waals surface area contributed by atoms with Crippen LogP contribution >= 0.6 is 0 Å². The third-order valence-corrected chi connectivity index (χ3v) is 2.98. The van der Waals surface area contributed by atoms with Crippen molar-refractivity contribution < 1.29 is 9.13 Å². The highest BCUT2D eigenvalue weighted by Crippen LogP contribution is 2.20. The van der Waals surface area contributed by atoms with Crippen molar-refractivity contribution in [2.45, 2.75) is 13.3 Å². The Labute approximate surface area is 112 Å². The molecule has 0 aliphatic heterocycles. The van der Waals surface area contributed by atoms with Crippen LogP contribution in [0.2, 0.25) is 0 Å². The van der Waals surface area contributed by atoms with Crippen LogP contribution in [0.3, 0.4) is 0 Å². The maximum absolute atomic E-state index is 13.0. The molecule has 0 aliphatic rings. The van der Waals surface area contributed by atoms with Crippen LogP contribution < -0.4 is 10.1 Å². The number of hydrogen-bond acceptors (Lipinski definition) is 3. The highest BCUT2D eigenvalue weighted by atomic mass is 19.1. The van der Waals surface area contributed by atoms with Crippen LogP contribution in [0.25, 0.3) is 0 Å². The van der Waals surface area contributed by atoms with E-state index in [1.54, 1.807) is 19.4 Å². The van der Waals surface area contributed by atoms with Gasteiger partial charge in [0.15, 0.2) is 11.6 Å². The lowest BCUT2D eigenvalue weighted by atomic mass is 10.1. The van der Waals surface area contributed by atoms with E-state index in [9.17, 15) is 4.39 Å². The number of benzene rings is 1. The lowest BCUT2D eigenvalue weighted by Gasteiger charge is -2.10. The van der Waals surface area contributed by atoms with Crippen LogP contribution in [0.1, 0.15) is 11.1 Å². The van der Waals surface area contributed by atoms with Crippen molar-refractivity contribution in [3.05, 3.63) is 53.5 Å². The number of halogens is 1. The van der Waals surface area contributed by atoms with Gasteiger partial charge < -0.3 is 10.1 Å². The zero-order chi connectivity index (χ0) is 13.7. The molecule has 0 spiro atoms. The van der Waals surface area contributed by atoms with E-state index in [1.165, 1.54) is 6.07 Å². The Kier molecular flexibility index (Phi) is 4.34. The minimum absolute atomic E-state index is 0.194. The molecular formula is C15H17FN2O. The molecule has 1 aromatic heterocycles. The van der Waals surface area contributed by atoms with Crippen LogP contribution in [0.5, 0.6) is 5.75 Å². The topological polar surface area (TPSA) is 34.1 Å². The normalized spacial score (nSPS) is 10.3. The predicted octanol–water partition coefficient (Wildman–Crippen LogP) is 3.19. The number of nitrogens with zero attached hydrogens (tertiary/aromatic N) is 1. The van der Waals surface area contributed by atoms with E-state index in [1.807, 2.05) is 25.1 Å². The van der Waals surface area contributed by atoms with Gasteiger partial charge >= 0.3 is 0 Å². The lowest BCUT2D eigenvalue weighted by Crippen LogP contribution is -2.08. The minimum atomic E-state index is -0.194. The van der Waals surface area contributed by atoms with Crippen LogP contribution in [0, 0.1) is 12.7 Å². The molecule has 0 aliphatic carbocycles. The van der Waals surface area contributed by atoms with Crippen molar-refractivity contribution in [3.8, 4) is 5.75 Å². The molecule has 1 heterocycles. The number of methoxy groups -OCH3 is 1. The number of nitrogens with one attached hydrogen (secondary N) is 1. The number of aromatic nitrogens is 1. The summed E-state index contributed by atoms with van der Waals surface area (Å²) in [4.78, 5) is 4.22. The third-order valence-electron chi connectivity index (χ3n) is 2.98. The molecule has 2 rings (SSSR count). The standard InChI is InChI=1S/C15H17FN2O/c1-11-10-13(16)6-5-12(11)7-9-18-15-14(19-2)4-3-8-17-15/h3-6,8,10H,7,9H2,1-2H3,(H,17,18). The van der Waals surface area contributed by atoms with Crippen LogP contribution in [0.15, 0.2) is 36.5 Å². The number of anilines is 1. The van der Waals surface area contributed by atoms with Crippen molar-refractivity contribution >= 4 is 5.82 Å². The highest BCUT2D eigenvalue weighted by Gasteiger charge is 2.03. The third kappa shape index (κ3) is 3.44. The van der Waals surface area contributed by atoms with E-state index in [0.717, 1.165) is 35.7 Å². The van der Waals surface area contributed by atoms with Crippen molar-refractivity contribution in [1.82, 2.24) is 4.98 Å². The molecule has 0 saturated heterocycles. The van der Waals surface area contributed by atoms with Gasteiger partial charge in [-0.05, 0) is 48.7 Å². The van der Waals surface area contributed by atoms with Crippen molar-refractivity contribution in [1.29, 1.82) is 0 Å². The van der Waals surface area contributed by atoms with Crippen LogP contribution in [-0.4, -0.2) is 18.6 Å². The van der Waals surface area contributed by atoms with Gasteiger partial charge in [0.2, 0.25) is 0 Å². The summed E-state index contributed by atoms with van der Waals surface area (Å²) in [5.41, 5.74) is 2.10. The van der Waals surface area contributed by atoms with E-state index < -0.39 is 0 Å². The Hall–Kier alpha value is -2.10. The molecule has 2 aromatic rings. The van der Waals surface area contributed by atoms with Gasteiger partial charge in [0, 0.05) is 12.7 Å². The number of hydrogen-bond donors (Lipinski definition) is 1. The van der Waals surface area contributed by atoms with E-state index >= 15 is 0 Å². The first-order valence-electron chi connectivity index (χ1n) is 6.18. The summed E-state index contributed by atoms with van der Waals surface area (Å²) >= 11 is 0. The maximum atomic E-state index is 13.0. The van der Waals surface area contributed by atoms with Crippen molar-refractivity contribution in [2.75, 3.05) is 19.0 Å². The number of rotatable bonds is 5. The van der Waals surface area contributed by atoms with E-state index in [4.69, 9.17) is 4.74 Å². The van der Waals surface area contributed by atoms with Gasteiger partial charge in [-0.2, -0.15) is 0 Å². The van der Waals surface area contributed by atoms with Gasteiger partial charge in [0.25, 0.3) is 0 Å². The second kappa shape index (κ2) is 6.18. The van der Waals surface area contributed by atoms with Gasteiger partial charge in [-0.15, -0.1) is 0 Å². The Balaban J connectivity index is 1.96. The first kappa shape index (κ1) is 13.3. The SMILES string of the molecule is COc1cccnc1NCCc1ccc(F)cc1C. The molecule has 1 aromatic carbocycles. The molecule has 0 saturated carbocycles. The predicted molar refractivity (Wildman–Crippen MR) is 74.1 cm³/mol. The minimum Gasteiger partial charge on any atom is -0.493 e. The zero-order valence-corrected chi connectivity index (χ0v) is 11.1. The van der Waals surface area contributed by atoms with E-state index in [-0.39, 0.29) is 5.82 Å². The molecule has 4 heteroatoms. The summed E-state index contributed by atoms with van der Waals surface area (Å²) < 4.78 is 18.2. The average Bonchev–Trinajstić information content (AvgIpc) is 2.42. The van der Waals surface area contributed by atoms with Gasteiger partial charge in [-0.1, -0.05) is 6.07 Å². The largest absolute Gasteiger partial charge is 0.493 e. The number of pyridine rings is 1. The molecule has 19 heavy (non-hydrogen) atoms. The fourth-order valence-corrected chi connectivity index (χ4v) is 1.94. The molecule has 3 nitrogen and oxygen atoms in total. The van der Waals surface area contributed by atoms with Crippen LogP contribution in [-0.2, 0) is 6.42 Å². The zero-order valence-electron chi connectivity index (χ0n) is 11.1. The summed E-state index contributed by atoms with van der Waals surface area (Å²) in [5.74, 6) is 1.25. The summed E-state index contributed by atoms with van der Waals surface area (Å²) in [7, 11) is 1.62. The maximum Gasteiger partial charge on any atom is 0.168 e. The molecule has 0 radical (unpaired) electrons. The first-order valence-corrected chi connectivity index (χ1v) is 6.18. The molecular weight excluding hydrogens is 243 g/mol. The summed E-state index contributed by atoms with van der Waals surface area (Å²) in [6.45, 7) is 2.64. The lowest BCUT2D eigenvalue weighted by molar-refractivity contribution is 0.415. The number of ether oxygens (including phenoxy) is 1. The van der Waals surface area contributed by atoms with Crippen molar-refractivity contribution in [2.24, 2.45) is 0 Å². The second-order valence-corrected chi connectivity index (χ2v) is 4.30. The Morgan fingerprint density at radius 3 is 2.89 bits per heavy atom. The smallest absolute Gasteiger partial charge is 0.168 e. The monoisotopic (exact) mass is 260 g/mol. The fraction of sp³-hybridized carbons (Fsp3) is 0.267. The Morgan fingerprint density at radius 2 is 2.16 bits per heavy atom. The summed E-state index contributed by atoms with van der Waals surface area (Å²) in [5, 5.41) is 3.22. The Bertz CT molecular complexity index is 558. The second-order valence-electron chi connectivity index (χ2n) is 4.30. The molecule has 0 unspecified atom stereocenters. The number of aryl methyl sites for hydroxylation is 1. The summed E-state index contributed by atoms with van der Waals surface area (Å²) in [6.07, 6.45) is 2.53. The quantitative estimate of drug-likeness (QED) is 0.896.